The molecule has 0 unspecified atom stereocenters. The van der Waals surface area contributed by atoms with Crippen molar-refractivity contribution in [2.45, 2.75) is 17.9 Å². The van der Waals surface area contributed by atoms with Gasteiger partial charge in [0.05, 0.1) is 12.5 Å². The van der Waals surface area contributed by atoms with Crippen LogP contribution in [-0.2, 0) is 14.8 Å². The zero-order valence-corrected chi connectivity index (χ0v) is 13.9. The lowest BCUT2D eigenvalue weighted by Gasteiger charge is -2.30. The van der Waals surface area contributed by atoms with Gasteiger partial charge in [0.2, 0.25) is 5.91 Å². The van der Waals surface area contributed by atoms with E-state index in [-0.39, 0.29) is 29.7 Å². The summed E-state index contributed by atoms with van der Waals surface area (Å²) in [6.45, 7) is 0.383. The van der Waals surface area contributed by atoms with Gasteiger partial charge in [0.25, 0.3) is 10.0 Å². The lowest BCUT2D eigenvalue weighted by Crippen LogP contribution is -2.41. The summed E-state index contributed by atoms with van der Waals surface area (Å²) in [5.41, 5.74) is 0.163. The van der Waals surface area contributed by atoms with Gasteiger partial charge in [0, 0.05) is 30.8 Å². The first-order valence-electron chi connectivity index (χ1n) is 7.62. The van der Waals surface area contributed by atoms with Gasteiger partial charge >= 0.3 is 0 Å². The van der Waals surface area contributed by atoms with E-state index in [1.165, 1.54) is 22.9 Å². The number of H-pyrrole nitrogens is 1. The Hall–Kier alpha value is -2.33. The number of imidazole rings is 1. The number of carbonyl (C=O) groups is 1. The second kappa shape index (κ2) is 6.89. The molecule has 3 rings (SSSR count). The number of nitrogens with zero attached hydrogens (tertiary/aromatic N) is 2. The van der Waals surface area contributed by atoms with Gasteiger partial charge in [0.1, 0.15) is 0 Å². The Bertz CT molecular complexity index is 863. The lowest BCUT2D eigenvalue weighted by molar-refractivity contribution is -0.120. The fourth-order valence-corrected chi connectivity index (χ4v) is 4.07. The average molecular weight is 370 g/mol. The summed E-state index contributed by atoms with van der Waals surface area (Å²) in [5.74, 6) is -2.78. The molecule has 1 aromatic heterocycles. The molecule has 1 aliphatic rings. The van der Waals surface area contributed by atoms with Crippen molar-refractivity contribution in [3.63, 3.8) is 0 Å². The van der Waals surface area contributed by atoms with Crippen molar-refractivity contribution in [3.8, 4) is 0 Å². The number of benzene rings is 1. The molecule has 0 aliphatic carbocycles. The monoisotopic (exact) mass is 370 g/mol. The Balaban J connectivity index is 1.60. The van der Waals surface area contributed by atoms with Crippen molar-refractivity contribution in [1.29, 1.82) is 0 Å². The van der Waals surface area contributed by atoms with E-state index in [4.69, 9.17) is 0 Å². The van der Waals surface area contributed by atoms with Crippen LogP contribution in [0.3, 0.4) is 0 Å². The minimum Gasteiger partial charge on any atom is -0.335 e. The molecule has 1 aromatic carbocycles. The summed E-state index contributed by atoms with van der Waals surface area (Å²) in [7, 11) is -3.64. The Morgan fingerprint density at radius 2 is 1.96 bits per heavy atom. The quantitative estimate of drug-likeness (QED) is 0.857. The number of carbonyl (C=O) groups excluding carboxylic acids is 1. The number of sulfonamides is 1. The molecule has 134 valence electrons. The number of aromatic nitrogens is 2. The first-order chi connectivity index (χ1) is 11.9. The van der Waals surface area contributed by atoms with Gasteiger partial charge in [-0.15, -0.1) is 0 Å². The predicted octanol–water partition coefficient (Wildman–Crippen LogP) is 1.73. The van der Waals surface area contributed by atoms with Gasteiger partial charge in [-0.25, -0.2) is 22.2 Å². The van der Waals surface area contributed by atoms with Crippen LogP contribution in [0, 0.1) is 17.6 Å². The number of aromatic amines is 1. The highest BCUT2D eigenvalue weighted by Crippen LogP contribution is 2.24. The van der Waals surface area contributed by atoms with Crippen LogP contribution in [0.2, 0.25) is 0 Å². The Kier molecular flexibility index (Phi) is 4.82. The molecule has 2 N–H and O–H groups in total. The molecule has 2 aromatic rings. The van der Waals surface area contributed by atoms with E-state index in [0.29, 0.717) is 12.8 Å². The zero-order valence-electron chi connectivity index (χ0n) is 13.1. The molecule has 0 bridgehead atoms. The number of hydrogen-bond acceptors (Lipinski definition) is 4. The smallest absolute Gasteiger partial charge is 0.260 e. The average Bonchev–Trinajstić information content (AvgIpc) is 3.14. The predicted molar refractivity (Wildman–Crippen MR) is 85.1 cm³/mol. The molecule has 1 amide bonds. The van der Waals surface area contributed by atoms with Crippen molar-refractivity contribution < 1.29 is 22.0 Å². The molecule has 0 saturated carbocycles. The Morgan fingerprint density at radius 1 is 1.24 bits per heavy atom. The minimum atomic E-state index is -3.64. The molecule has 1 fully saturated rings. The van der Waals surface area contributed by atoms with Crippen molar-refractivity contribution in [2.24, 2.45) is 5.92 Å². The summed E-state index contributed by atoms with van der Waals surface area (Å²) >= 11 is 0. The molecule has 0 radical (unpaired) electrons. The second-order valence-corrected chi connectivity index (χ2v) is 7.62. The van der Waals surface area contributed by atoms with Gasteiger partial charge < -0.3 is 10.3 Å². The molecule has 10 heteroatoms. The highest BCUT2D eigenvalue weighted by Gasteiger charge is 2.32. The van der Waals surface area contributed by atoms with Crippen molar-refractivity contribution in [1.82, 2.24) is 14.3 Å². The Morgan fingerprint density at radius 3 is 2.56 bits per heavy atom. The number of halogens is 2. The van der Waals surface area contributed by atoms with Crippen molar-refractivity contribution in [2.75, 3.05) is 18.4 Å². The van der Waals surface area contributed by atoms with E-state index >= 15 is 0 Å². The molecular weight excluding hydrogens is 354 g/mol. The second-order valence-electron chi connectivity index (χ2n) is 5.71. The van der Waals surface area contributed by atoms with Crippen LogP contribution in [-0.4, -0.2) is 41.7 Å². The summed E-state index contributed by atoms with van der Waals surface area (Å²) in [6, 6.07) is 3.11. The van der Waals surface area contributed by atoms with Gasteiger partial charge in [-0.3, -0.25) is 4.79 Å². The van der Waals surface area contributed by atoms with Crippen LogP contribution in [0.4, 0.5) is 14.5 Å². The standard InChI is InChI=1S/C15H16F2N4O3S/c16-12-2-1-11(7-13(12)17)20-15(22)10-3-5-21(6-4-10)25(23,24)14-8-18-9-19-14/h1-2,7-10H,3-6H2,(H,18,19)(H,20,22). The fraction of sp³-hybridized carbons (Fsp3) is 0.333. The van der Waals surface area contributed by atoms with Gasteiger partial charge in [-0.05, 0) is 25.0 Å². The highest BCUT2D eigenvalue weighted by molar-refractivity contribution is 7.89. The molecule has 0 spiro atoms. The van der Waals surface area contributed by atoms with E-state index in [1.54, 1.807) is 0 Å². The summed E-state index contributed by atoms with van der Waals surface area (Å²) < 4.78 is 52.1. The van der Waals surface area contributed by atoms with Gasteiger partial charge in [-0.1, -0.05) is 0 Å². The minimum absolute atomic E-state index is 0.0113. The number of rotatable bonds is 4. The number of piperidine rings is 1. The highest BCUT2D eigenvalue weighted by atomic mass is 32.2. The van der Waals surface area contributed by atoms with Crippen LogP contribution in [0.5, 0.6) is 0 Å². The van der Waals surface area contributed by atoms with Crippen LogP contribution in [0.1, 0.15) is 12.8 Å². The summed E-state index contributed by atoms with van der Waals surface area (Å²) in [5, 5.41) is 2.54. The van der Waals surface area contributed by atoms with E-state index < -0.39 is 27.6 Å². The summed E-state index contributed by atoms with van der Waals surface area (Å²) in [4.78, 5) is 18.5. The van der Waals surface area contributed by atoms with Crippen LogP contribution < -0.4 is 5.32 Å². The molecule has 0 atom stereocenters. The zero-order chi connectivity index (χ0) is 18.0. The third-order valence-corrected chi connectivity index (χ3v) is 5.93. The van der Waals surface area contributed by atoms with Crippen molar-refractivity contribution in [3.05, 3.63) is 42.4 Å². The van der Waals surface area contributed by atoms with E-state index in [0.717, 1.165) is 12.1 Å². The first-order valence-corrected chi connectivity index (χ1v) is 9.06. The third kappa shape index (κ3) is 3.69. The molecule has 1 aliphatic heterocycles. The maximum Gasteiger partial charge on any atom is 0.260 e. The number of hydrogen-bond donors (Lipinski definition) is 2. The van der Waals surface area contributed by atoms with Crippen LogP contribution in [0.25, 0.3) is 0 Å². The SMILES string of the molecule is O=C(Nc1ccc(F)c(F)c1)C1CCN(S(=O)(=O)c2cnc[nH]2)CC1. The van der Waals surface area contributed by atoms with Gasteiger partial charge in [-0.2, -0.15) is 4.31 Å². The molecular formula is C15H16F2N4O3S. The first kappa shape index (κ1) is 17.5. The topological polar surface area (TPSA) is 95.2 Å². The number of anilines is 1. The number of amides is 1. The lowest BCUT2D eigenvalue weighted by atomic mass is 9.97. The van der Waals surface area contributed by atoms with Gasteiger partial charge in [0.15, 0.2) is 16.7 Å². The van der Waals surface area contributed by atoms with E-state index in [9.17, 15) is 22.0 Å². The fourth-order valence-electron chi connectivity index (χ4n) is 2.70. The Labute approximate surface area is 143 Å². The normalized spacial score (nSPS) is 16.7. The van der Waals surface area contributed by atoms with Crippen LogP contribution >= 0.6 is 0 Å². The summed E-state index contributed by atoms with van der Waals surface area (Å²) in [6.07, 6.45) is 3.19. The third-order valence-electron chi connectivity index (χ3n) is 4.10. The molecule has 2 heterocycles. The van der Waals surface area contributed by atoms with Crippen LogP contribution in [0.15, 0.2) is 35.7 Å². The largest absolute Gasteiger partial charge is 0.335 e. The maximum atomic E-state index is 13.2. The maximum absolute atomic E-state index is 13.2. The molecule has 25 heavy (non-hydrogen) atoms. The van der Waals surface area contributed by atoms with Crippen molar-refractivity contribution >= 4 is 21.6 Å². The van der Waals surface area contributed by atoms with E-state index in [1.807, 2.05) is 0 Å². The number of nitrogens with one attached hydrogen (secondary N) is 2. The molecule has 1 saturated heterocycles. The molecule has 7 nitrogen and oxygen atoms in total. The van der Waals surface area contributed by atoms with E-state index in [2.05, 4.69) is 15.3 Å².